The maximum absolute atomic E-state index is 12.9. The van der Waals surface area contributed by atoms with Crippen LogP contribution < -0.4 is 10.2 Å². The number of aldehydes is 1. The minimum Gasteiger partial charge on any atom is -0.324 e. The highest BCUT2D eigenvalue weighted by Crippen LogP contribution is 2.39. The summed E-state index contributed by atoms with van der Waals surface area (Å²) in [6.45, 7) is 7.54. The summed E-state index contributed by atoms with van der Waals surface area (Å²) >= 11 is 0. The van der Waals surface area contributed by atoms with Gasteiger partial charge in [0, 0.05) is 24.2 Å². The average molecular weight is 500 g/mol. The Morgan fingerprint density at radius 2 is 1.84 bits per heavy atom. The van der Waals surface area contributed by atoms with Crippen molar-refractivity contribution in [1.82, 2.24) is 4.90 Å². The third kappa shape index (κ3) is 5.68. The summed E-state index contributed by atoms with van der Waals surface area (Å²) in [6, 6.07) is 17.8. The van der Waals surface area contributed by atoms with Crippen LogP contribution in [0.1, 0.15) is 62.1 Å². The van der Waals surface area contributed by atoms with Crippen molar-refractivity contribution in [3.63, 3.8) is 0 Å². The number of hydrogen-bond donors (Lipinski definition) is 1. The predicted octanol–water partition coefficient (Wildman–Crippen LogP) is 6.45. The van der Waals surface area contributed by atoms with Crippen LogP contribution in [0, 0.1) is 6.92 Å². The molecule has 1 unspecified atom stereocenters. The lowest BCUT2D eigenvalue weighted by atomic mass is 9.85. The van der Waals surface area contributed by atoms with Gasteiger partial charge in [0.05, 0.1) is 11.7 Å². The van der Waals surface area contributed by atoms with Gasteiger partial charge in [0.2, 0.25) is 6.41 Å². The standard InChI is InChI=1S/C31H37N3O3/c1-4-8-26(20-35)34(21-36)29-14-13-27(28-12-6-9-22(3)30(28)29)24-15-17-33(18-16-24)31(37)32-25-11-7-10-23(5-2)19-25/h6-7,9-14,19-21,24,26H,4-5,8,15-18H2,1-3H3,(H,32,37). The van der Waals surface area contributed by atoms with E-state index < -0.39 is 6.04 Å². The molecule has 1 N–H and O–H groups in total. The highest BCUT2D eigenvalue weighted by Gasteiger charge is 2.27. The molecule has 37 heavy (non-hydrogen) atoms. The maximum atomic E-state index is 12.9. The van der Waals surface area contributed by atoms with Gasteiger partial charge < -0.3 is 19.9 Å². The Morgan fingerprint density at radius 3 is 2.51 bits per heavy atom. The average Bonchev–Trinajstić information content (AvgIpc) is 2.93. The van der Waals surface area contributed by atoms with E-state index in [0.717, 1.165) is 66.1 Å². The van der Waals surface area contributed by atoms with Gasteiger partial charge >= 0.3 is 6.03 Å². The first kappa shape index (κ1) is 26.4. The quantitative estimate of drug-likeness (QED) is 0.344. The Balaban J connectivity index is 1.55. The zero-order valence-electron chi connectivity index (χ0n) is 22.1. The van der Waals surface area contributed by atoms with Gasteiger partial charge in [-0.05, 0) is 78.8 Å². The number of urea groups is 1. The van der Waals surface area contributed by atoms with Crippen molar-refractivity contribution in [2.45, 2.75) is 64.8 Å². The topological polar surface area (TPSA) is 69.7 Å². The first-order valence-electron chi connectivity index (χ1n) is 13.4. The lowest BCUT2D eigenvalue weighted by molar-refractivity contribution is -0.113. The number of likely N-dealkylation sites (tertiary alicyclic amines) is 1. The number of nitrogens with zero attached hydrogens (tertiary/aromatic N) is 2. The maximum Gasteiger partial charge on any atom is 0.321 e. The minimum atomic E-state index is -0.476. The first-order chi connectivity index (χ1) is 18.0. The predicted molar refractivity (Wildman–Crippen MR) is 150 cm³/mol. The van der Waals surface area contributed by atoms with Crippen molar-refractivity contribution in [3.8, 4) is 0 Å². The van der Waals surface area contributed by atoms with E-state index in [9.17, 15) is 14.4 Å². The number of aryl methyl sites for hydroxylation is 2. The second-order valence-corrected chi connectivity index (χ2v) is 9.92. The zero-order valence-corrected chi connectivity index (χ0v) is 22.1. The number of benzene rings is 3. The van der Waals surface area contributed by atoms with Crippen molar-refractivity contribution in [2.75, 3.05) is 23.3 Å². The molecule has 3 amide bonds. The molecular formula is C31H37N3O3. The summed E-state index contributed by atoms with van der Waals surface area (Å²) in [5.41, 5.74) is 5.13. The van der Waals surface area contributed by atoms with Crippen molar-refractivity contribution in [2.24, 2.45) is 0 Å². The van der Waals surface area contributed by atoms with E-state index in [1.165, 1.54) is 11.1 Å². The van der Waals surface area contributed by atoms with Crippen LogP contribution in [-0.4, -0.2) is 42.8 Å². The van der Waals surface area contributed by atoms with E-state index >= 15 is 0 Å². The van der Waals surface area contributed by atoms with Crippen molar-refractivity contribution < 1.29 is 14.4 Å². The van der Waals surface area contributed by atoms with Gasteiger partial charge in [-0.25, -0.2) is 4.79 Å². The Morgan fingerprint density at radius 1 is 1.08 bits per heavy atom. The Bertz CT molecular complexity index is 1260. The summed E-state index contributed by atoms with van der Waals surface area (Å²) < 4.78 is 0. The molecule has 1 heterocycles. The van der Waals surface area contributed by atoms with E-state index in [4.69, 9.17) is 0 Å². The molecule has 6 heteroatoms. The monoisotopic (exact) mass is 499 g/mol. The number of amides is 3. The van der Waals surface area contributed by atoms with E-state index in [1.54, 1.807) is 4.90 Å². The van der Waals surface area contributed by atoms with Crippen LogP contribution in [-0.2, 0) is 16.0 Å². The van der Waals surface area contributed by atoms with Crippen LogP contribution in [0.4, 0.5) is 16.2 Å². The number of anilines is 2. The number of carbonyl (C=O) groups excluding carboxylic acids is 3. The van der Waals surface area contributed by atoms with E-state index in [2.05, 4.69) is 43.4 Å². The second-order valence-electron chi connectivity index (χ2n) is 9.92. The number of hydrogen-bond acceptors (Lipinski definition) is 3. The Kier molecular flexibility index (Phi) is 8.59. The molecule has 0 aliphatic carbocycles. The van der Waals surface area contributed by atoms with Crippen LogP contribution in [0.15, 0.2) is 54.6 Å². The molecule has 1 fully saturated rings. The van der Waals surface area contributed by atoms with Gasteiger partial charge in [-0.2, -0.15) is 0 Å². The van der Waals surface area contributed by atoms with E-state index in [-0.39, 0.29) is 6.03 Å². The largest absolute Gasteiger partial charge is 0.324 e. The van der Waals surface area contributed by atoms with Gasteiger partial charge in [0.15, 0.2) is 0 Å². The first-order valence-corrected chi connectivity index (χ1v) is 13.4. The fourth-order valence-corrected chi connectivity index (χ4v) is 5.51. The number of nitrogens with one attached hydrogen (secondary N) is 1. The third-order valence-electron chi connectivity index (χ3n) is 7.56. The van der Waals surface area contributed by atoms with Crippen LogP contribution in [0.5, 0.6) is 0 Å². The summed E-state index contributed by atoms with van der Waals surface area (Å²) in [7, 11) is 0. The van der Waals surface area contributed by atoms with Crippen LogP contribution in [0.25, 0.3) is 10.8 Å². The molecule has 0 aromatic heterocycles. The normalized spacial score (nSPS) is 14.8. The fourth-order valence-electron chi connectivity index (χ4n) is 5.51. The molecule has 1 saturated heterocycles. The summed E-state index contributed by atoms with van der Waals surface area (Å²) in [5, 5.41) is 5.19. The summed E-state index contributed by atoms with van der Waals surface area (Å²) in [5.74, 6) is 0.313. The number of fused-ring (bicyclic) bond motifs is 1. The lowest BCUT2D eigenvalue weighted by Gasteiger charge is -2.33. The molecular weight excluding hydrogens is 462 g/mol. The Hall–Kier alpha value is -3.67. The Labute approximate surface area is 219 Å². The van der Waals surface area contributed by atoms with Crippen LogP contribution in [0.3, 0.4) is 0 Å². The fraction of sp³-hybridized carbons (Fsp3) is 0.387. The molecule has 1 atom stereocenters. The van der Waals surface area contributed by atoms with Gasteiger partial charge in [-0.1, -0.05) is 56.7 Å². The van der Waals surface area contributed by atoms with Crippen molar-refractivity contribution in [1.29, 1.82) is 0 Å². The van der Waals surface area contributed by atoms with Gasteiger partial charge in [-0.3, -0.25) is 4.79 Å². The molecule has 0 radical (unpaired) electrons. The van der Waals surface area contributed by atoms with E-state index in [0.29, 0.717) is 25.4 Å². The number of piperidine rings is 1. The van der Waals surface area contributed by atoms with Gasteiger partial charge in [-0.15, -0.1) is 0 Å². The molecule has 194 valence electrons. The lowest BCUT2D eigenvalue weighted by Crippen LogP contribution is -2.40. The molecule has 1 aliphatic rings. The summed E-state index contributed by atoms with van der Waals surface area (Å²) in [6.07, 6.45) is 5.77. The summed E-state index contributed by atoms with van der Waals surface area (Å²) in [4.78, 5) is 40.3. The minimum absolute atomic E-state index is 0.0554. The number of carbonyl (C=O) groups is 3. The van der Waals surface area contributed by atoms with Crippen molar-refractivity contribution in [3.05, 3.63) is 71.3 Å². The number of rotatable bonds is 9. The molecule has 1 aliphatic heterocycles. The molecule has 6 nitrogen and oxygen atoms in total. The molecule has 0 spiro atoms. The molecule has 0 bridgehead atoms. The molecule has 0 saturated carbocycles. The SMILES string of the molecule is CCCC(C=O)N(C=O)c1ccc(C2CCN(C(=O)Nc3cccc(CC)c3)CC2)c2cccc(C)c12. The molecule has 3 aromatic rings. The van der Waals surface area contributed by atoms with Crippen molar-refractivity contribution >= 4 is 40.9 Å². The van der Waals surface area contributed by atoms with Crippen LogP contribution in [0.2, 0.25) is 0 Å². The van der Waals surface area contributed by atoms with Gasteiger partial charge in [0.1, 0.15) is 6.29 Å². The smallest absolute Gasteiger partial charge is 0.321 e. The highest BCUT2D eigenvalue weighted by atomic mass is 16.2. The van der Waals surface area contributed by atoms with Crippen LogP contribution >= 0.6 is 0 Å². The molecule has 4 rings (SSSR count). The second kappa shape index (κ2) is 12.0. The highest BCUT2D eigenvalue weighted by molar-refractivity contribution is 6.03. The molecule has 3 aromatic carbocycles. The zero-order chi connectivity index (χ0) is 26.4. The van der Waals surface area contributed by atoms with Gasteiger partial charge in [0.25, 0.3) is 0 Å². The van der Waals surface area contributed by atoms with E-state index in [1.807, 2.05) is 42.2 Å². The third-order valence-corrected chi connectivity index (χ3v) is 7.56.